The number of thioether (sulfide) groups is 1. The van der Waals surface area contributed by atoms with Crippen LogP contribution in [0.1, 0.15) is 45.2 Å². The summed E-state index contributed by atoms with van der Waals surface area (Å²) in [5.74, 6) is 1.78. The molecule has 1 unspecified atom stereocenters. The first-order valence-corrected chi connectivity index (χ1v) is 8.34. The Labute approximate surface area is 123 Å². The summed E-state index contributed by atoms with van der Waals surface area (Å²) >= 11 is 2.05. The lowest BCUT2D eigenvalue weighted by Gasteiger charge is -2.25. The molecule has 0 saturated heterocycles. The van der Waals surface area contributed by atoms with E-state index in [1.54, 1.807) is 0 Å². The third-order valence-electron chi connectivity index (χ3n) is 3.61. The minimum Gasteiger partial charge on any atom is -0.156 e. The van der Waals surface area contributed by atoms with Crippen LogP contribution < -0.4 is 0 Å². The van der Waals surface area contributed by atoms with Crippen LogP contribution in [0.2, 0.25) is 0 Å². The molecule has 0 amide bonds. The number of hydrogen-bond donors (Lipinski definition) is 0. The predicted molar refractivity (Wildman–Crippen MR) is 90.0 cm³/mol. The van der Waals surface area contributed by atoms with E-state index < -0.39 is 0 Å². The van der Waals surface area contributed by atoms with Crippen molar-refractivity contribution in [3.63, 3.8) is 0 Å². The fourth-order valence-corrected chi connectivity index (χ4v) is 3.55. The van der Waals surface area contributed by atoms with Crippen LogP contribution in [0.5, 0.6) is 0 Å². The molecule has 19 heavy (non-hydrogen) atoms. The average molecular weight is 276 g/mol. The number of benzene rings is 1. The molecule has 0 aliphatic rings. The Bertz CT molecular complexity index is 392. The lowest BCUT2D eigenvalue weighted by molar-refractivity contribution is 0.616. The Morgan fingerprint density at radius 3 is 2.37 bits per heavy atom. The van der Waals surface area contributed by atoms with E-state index in [1.165, 1.54) is 23.3 Å². The first-order valence-electron chi connectivity index (χ1n) is 7.35. The van der Waals surface area contributed by atoms with Gasteiger partial charge in [0.15, 0.2) is 0 Å². The van der Waals surface area contributed by atoms with Crippen molar-refractivity contribution >= 4 is 11.8 Å². The van der Waals surface area contributed by atoms with Crippen LogP contribution in [0.4, 0.5) is 0 Å². The summed E-state index contributed by atoms with van der Waals surface area (Å²) in [7, 11) is 0. The highest BCUT2D eigenvalue weighted by molar-refractivity contribution is 8.00. The fourth-order valence-electron chi connectivity index (χ4n) is 2.51. The minimum absolute atomic E-state index is 0.320. The molecule has 0 nitrogen and oxygen atoms in total. The maximum Gasteiger partial charge on any atom is 0.0144 e. The molecule has 1 aromatic rings. The zero-order valence-corrected chi connectivity index (χ0v) is 13.7. The Balaban J connectivity index is 2.86. The quantitative estimate of drug-likeness (QED) is 0.564. The van der Waals surface area contributed by atoms with Crippen LogP contribution in [0, 0.1) is 5.92 Å². The Morgan fingerprint density at radius 1 is 1.21 bits per heavy atom. The smallest absolute Gasteiger partial charge is 0.0144 e. The summed E-state index contributed by atoms with van der Waals surface area (Å²) in [5.41, 5.74) is 3.01. The molecule has 0 spiro atoms. The number of allylic oxidation sites excluding steroid dienone is 1. The van der Waals surface area contributed by atoms with E-state index in [4.69, 9.17) is 0 Å². The van der Waals surface area contributed by atoms with E-state index in [1.807, 2.05) is 11.8 Å². The molecule has 0 aromatic heterocycles. The van der Waals surface area contributed by atoms with Gasteiger partial charge in [0.2, 0.25) is 0 Å². The maximum absolute atomic E-state index is 3.96. The zero-order chi connectivity index (χ0) is 14.3. The van der Waals surface area contributed by atoms with Crippen LogP contribution in [0.3, 0.4) is 0 Å². The lowest BCUT2D eigenvalue weighted by Crippen LogP contribution is -2.20. The summed E-state index contributed by atoms with van der Waals surface area (Å²) in [6.07, 6.45) is 5.55. The summed E-state index contributed by atoms with van der Waals surface area (Å²) in [4.78, 5) is 0. The van der Waals surface area contributed by atoms with Crippen molar-refractivity contribution < 1.29 is 0 Å². The third kappa shape index (κ3) is 5.44. The van der Waals surface area contributed by atoms with Crippen LogP contribution in [0.25, 0.3) is 0 Å². The summed E-state index contributed by atoms with van der Waals surface area (Å²) < 4.78 is 0.320. The molecular weight excluding hydrogens is 248 g/mol. The first-order chi connectivity index (χ1) is 9.02. The molecular formula is C18H28S. The van der Waals surface area contributed by atoms with Gasteiger partial charge in [-0.05, 0) is 42.1 Å². The molecule has 1 atom stereocenters. The highest BCUT2D eigenvalue weighted by Crippen LogP contribution is 2.30. The van der Waals surface area contributed by atoms with Gasteiger partial charge in [0.1, 0.15) is 0 Å². The van der Waals surface area contributed by atoms with Crippen LogP contribution in [0.15, 0.2) is 36.9 Å². The Kier molecular flexibility index (Phi) is 6.71. The maximum atomic E-state index is 3.96. The standard InChI is InChI=1S/C18H28S/c1-6-15(7-2)13-16-11-9-10-12-17(16)14-18(4,5)19-8-3/h6,9-12,15H,1,7-8,13-14H2,2-5H3. The second kappa shape index (κ2) is 7.79. The second-order valence-corrected chi connectivity index (χ2v) is 7.72. The van der Waals surface area contributed by atoms with Crippen molar-refractivity contribution in [2.45, 2.75) is 51.7 Å². The molecule has 0 aliphatic heterocycles. The lowest BCUT2D eigenvalue weighted by atomic mass is 9.90. The van der Waals surface area contributed by atoms with Gasteiger partial charge in [-0.1, -0.05) is 58.0 Å². The normalized spacial score (nSPS) is 13.3. The molecule has 0 aliphatic carbocycles. The summed E-state index contributed by atoms with van der Waals surface area (Å²) in [5, 5.41) is 0. The van der Waals surface area contributed by atoms with Crippen molar-refractivity contribution in [3.8, 4) is 0 Å². The van der Waals surface area contributed by atoms with Crippen LogP contribution >= 0.6 is 11.8 Å². The van der Waals surface area contributed by atoms with Gasteiger partial charge < -0.3 is 0 Å². The Hall–Kier alpha value is -0.690. The van der Waals surface area contributed by atoms with Crippen molar-refractivity contribution in [2.24, 2.45) is 5.92 Å². The predicted octanol–water partition coefficient (Wildman–Crippen LogP) is 5.52. The molecule has 1 heteroatoms. The number of hydrogen-bond acceptors (Lipinski definition) is 1. The summed E-state index contributed by atoms with van der Waals surface area (Å²) in [6, 6.07) is 8.91. The molecule has 0 N–H and O–H groups in total. The van der Waals surface area contributed by atoms with Crippen molar-refractivity contribution in [2.75, 3.05) is 5.75 Å². The van der Waals surface area contributed by atoms with Gasteiger partial charge in [-0.25, -0.2) is 0 Å². The number of rotatable bonds is 8. The van der Waals surface area contributed by atoms with Gasteiger partial charge in [-0.3, -0.25) is 0 Å². The molecule has 1 aromatic carbocycles. The molecule has 0 heterocycles. The van der Waals surface area contributed by atoms with Gasteiger partial charge in [0.05, 0.1) is 0 Å². The average Bonchev–Trinajstić information content (AvgIpc) is 2.37. The topological polar surface area (TPSA) is 0 Å². The van der Waals surface area contributed by atoms with Crippen molar-refractivity contribution in [1.29, 1.82) is 0 Å². The van der Waals surface area contributed by atoms with E-state index in [9.17, 15) is 0 Å². The molecule has 106 valence electrons. The second-order valence-electron chi connectivity index (χ2n) is 5.75. The highest BCUT2D eigenvalue weighted by atomic mass is 32.2. The van der Waals surface area contributed by atoms with Crippen LogP contribution in [-0.4, -0.2) is 10.5 Å². The van der Waals surface area contributed by atoms with Gasteiger partial charge in [-0.2, -0.15) is 11.8 Å². The third-order valence-corrected chi connectivity index (χ3v) is 4.82. The van der Waals surface area contributed by atoms with Gasteiger partial charge >= 0.3 is 0 Å². The zero-order valence-electron chi connectivity index (χ0n) is 12.9. The summed E-state index contributed by atoms with van der Waals surface area (Å²) in [6.45, 7) is 13.1. The van der Waals surface area contributed by atoms with E-state index in [0.717, 1.165) is 12.8 Å². The van der Waals surface area contributed by atoms with E-state index in [-0.39, 0.29) is 0 Å². The largest absolute Gasteiger partial charge is 0.156 e. The fraction of sp³-hybridized carbons (Fsp3) is 0.556. The van der Waals surface area contributed by atoms with E-state index in [0.29, 0.717) is 10.7 Å². The molecule has 0 radical (unpaired) electrons. The van der Waals surface area contributed by atoms with E-state index in [2.05, 4.69) is 64.6 Å². The minimum atomic E-state index is 0.320. The Morgan fingerprint density at radius 2 is 1.84 bits per heavy atom. The van der Waals surface area contributed by atoms with Gasteiger partial charge in [0, 0.05) is 4.75 Å². The van der Waals surface area contributed by atoms with Crippen molar-refractivity contribution in [3.05, 3.63) is 48.0 Å². The van der Waals surface area contributed by atoms with E-state index >= 15 is 0 Å². The molecule has 0 fully saturated rings. The monoisotopic (exact) mass is 276 g/mol. The highest BCUT2D eigenvalue weighted by Gasteiger charge is 2.20. The molecule has 1 rings (SSSR count). The molecule has 0 bridgehead atoms. The SMILES string of the molecule is C=CC(CC)Cc1ccccc1CC(C)(C)SCC. The first kappa shape index (κ1) is 16.4. The van der Waals surface area contributed by atoms with Gasteiger partial charge in [0.25, 0.3) is 0 Å². The van der Waals surface area contributed by atoms with Gasteiger partial charge in [-0.15, -0.1) is 6.58 Å². The van der Waals surface area contributed by atoms with Crippen LogP contribution in [-0.2, 0) is 12.8 Å². The van der Waals surface area contributed by atoms with Crippen molar-refractivity contribution in [1.82, 2.24) is 0 Å². The molecule has 0 saturated carbocycles.